The summed E-state index contributed by atoms with van der Waals surface area (Å²) in [7, 11) is 0. The molecule has 0 aromatic heterocycles. The zero-order valence-corrected chi connectivity index (χ0v) is 11.3. The van der Waals surface area contributed by atoms with Crippen LogP contribution in [0.3, 0.4) is 0 Å². The highest BCUT2D eigenvalue weighted by atomic mass is 15.0. The number of nitrogens with one attached hydrogen (secondary N) is 1. The summed E-state index contributed by atoms with van der Waals surface area (Å²) in [5, 5.41) is 12.8. The molecule has 1 rings (SSSR count). The van der Waals surface area contributed by atoms with Crippen molar-refractivity contribution in [2.75, 3.05) is 6.54 Å². The standard InChI is InChI=1S/C14H26N2/c1-5-10-16-14(11-15)8-6-12(7-9-14)13(2,3)4/h12,16H,5-10H2,1-4H3. The van der Waals surface area contributed by atoms with Gasteiger partial charge in [-0.05, 0) is 50.0 Å². The van der Waals surface area contributed by atoms with Gasteiger partial charge in [-0.15, -0.1) is 0 Å². The van der Waals surface area contributed by atoms with Crippen molar-refractivity contribution in [1.82, 2.24) is 5.32 Å². The van der Waals surface area contributed by atoms with E-state index in [0.717, 1.165) is 31.7 Å². The Hall–Kier alpha value is -0.550. The van der Waals surface area contributed by atoms with E-state index in [0.29, 0.717) is 5.41 Å². The lowest BCUT2D eigenvalue weighted by atomic mass is 9.67. The fraction of sp³-hybridized carbons (Fsp3) is 0.929. The van der Waals surface area contributed by atoms with Crippen LogP contribution in [0, 0.1) is 22.7 Å². The minimum absolute atomic E-state index is 0.224. The molecule has 0 bridgehead atoms. The molecule has 1 aliphatic carbocycles. The highest BCUT2D eigenvalue weighted by molar-refractivity contribution is 5.09. The maximum atomic E-state index is 9.34. The van der Waals surface area contributed by atoms with E-state index in [1.165, 1.54) is 12.8 Å². The van der Waals surface area contributed by atoms with Gasteiger partial charge in [0.1, 0.15) is 5.54 Å². The fourth-order valence-electron chi connectivity index (χ4n) is 2.67. The zero-order valence-electron chi connectivity index (χ0n) is 11.3. The third-order valence-corrected chi connectivity index (χ3v) is 3.99. The Kier molecular flexibility index (Phi) is 4.38. The first-order valence-electron chi connectivity index (χ1n) is 6.60. The molecule has 92 valence electrons. The van der Waals surface area contributed by atoms with Gasteiger partial charge in [0.15, 0.2) is 0 Å². The van der Waals surface area contributed by atoms with Crippen LogP contribution in [-0.4, -0.2) is 12.1 Å². The van der Waals surface area contributed by atoms with Crippen LogP contribution in [0.4, 0.5) is 0 Å². The molecule has 0 heterocycles. The molecular formula is C14H26N2. The van der Waals surface area contributed by atoms with Gasteiger partial charge >= 0.3 is 0 Å². The summed E-state index contributed by atoms with van der Waals surface area (Å²) >= 11 is 0. The predicted octanol–water partition coefficient (Wildman–Crippen LogP) is 3.48. The van der Waals surface area contributed by atoms with Gasteiger partial charge < -0.3 is 0 Å². The summed E-state index contributed by atoms with van der Waals surface area (Å²) in [4.78, 5) is 0. The summed E-state index contributed by atoms with van der Waals surface area (Å²) in [6.07, 6.45) is 5.52. The SMILES string of the molecule is CCCNC1(C#N)CCC(C(C)(C)C)CC1. The number of nitrogens with zero attached hydrogens (tertiary/aromatic N) is 1. The van der Waals surface area contributed by atoms with Gasteiger partial charge in [0.05, 0.1) is 6.07 Å². The van der Waals surface area contributed by atoms with Crippen molar-refractivity contribution < 1.29 is 0 Å². The van der Waals surface area contributed by atoms with Crippen molar-refractivity contribution in [3.8, 4) is 6.07 Å². The van der Waals surface area contributed by atoms with Crippen molar-refractivity contribution in [3.63, 3.8) is 0 Å². The van der Waals surface area contributed by atoms with Crippen LogP contribution in [0.15, 0.2) is 0 Å². The molecule has 0 aromatic rings. The average Bonchev–Trinajstić information content (AvgIpc) is 2.26. The Morgan fingerprint density at radius 1 is 1.31 bits per heavy atom. The van der Waals surface area contributed by atoms with Crippen molar-refractivity contribution in [2.24, 2.45) is 11.3 Å². The van der Waals surface area contributed by atoms with Crippen LogP contribution < -0.4 is 5.32 Å². The molecule has 0 aliphatic heterocycles. The molecule has 0 aromatic carbocycles. The Balaban J connectivity index is 2.54. The molecule has 1 N–H and O–H groups in total. The molecule has 0 saturated heterocycles. The largest absolute Gasteiger partial charge is 0.299 e. The first-order chi connectivity index (χ1) is 7.43. The van der Waals surface area contributed by atoms with Gasteiger partial charge in [0.2, 0.25) is 0 Å². The van der Waals surface area contributed by atoms with Crippen LogP contribution >= 0.6 is 0 Å². The lowest BCUT2D eigenvalue weighted by Gasteiger charge is -2.41. The van der Waals surface area contributed by atoms with Crippen molar-refractivity contribution >= 4 is 0 Å². The minimum atomic E-state index is -0.224. The first-order valence-corrected chi connectivity index (χ1v) is 6.60. The van der Waals surface area contributed by atoms with Gasteiger partial charge in [-0.25, -0.2) is 0 Å². The highest BCUT2D eigenvalue weighted by Crippen LogP contribution is 2.41. The van der Waals surface area contributed by atoms with Gasteiger partial charge in [0, 0.05) is 0 Å². The molecule has 1 aliphatic rings. The second-order valence-electron chi connectivity index (χ2n) is 6.26. The van der Waals surface area contributed by atoms with Crippen molar-refractivity contribution in [1.29, 1.82) is 5.26 Å². The number of rotatable bonds is 3. The maximum absolute atomic E-state index is 9.34. The van der Waals surface area contributed by atoms with Crippen LogP contribution in [-0.2, 0) is 0 Å². The van der Waals surface area contributed by atoms with E-state index in [1.807, 2.05) is 0 Å². The molecule has 2 nitrogen and oxygen atoms in total. The van der Waals surface area contributed by atoms with Gasteiger partial charge in [0.25, 0.3) is 0 Å². The summed E-state index contributed by atoms with van der Waals surface area (Å²) in [6.45, 7) is 10.1. The third kappa shape index (κ3) is 3.22. The lowest BCUT2D eigenvalue weighted by Crippen LogP contribution is -2.48. The molecule has 0 amide bonds. The van der Waals surface area contributed by atoms with Crippen LogP contribution in [0.25, 0.3) is 0 Å². The minimum Gasteiger partial charge on any atom is -0.299 e. The highest BCUT2D eigenvalue weighted by Gasteiger charge is 2.38. The normalized spacial score (nSPS) is 31.1. The molecule has 0 radical (unpaired) electrons. The second kappa shape index (κ2) is 5.19. The Bertz CT molecular complexity index is 249. The van der Waals surface area contributed by atoms with Crippen LogP contribution in [0.2, 0.25) is 0 Å². The maximum Gasteiger partial charge on any atom is 0.106 e. The van der Waals surface area contributed by atoms with E-state index in [2.05, 4.69) is 39.1 Å². The molecular weight excluding hydrogens is 196 g/mol. The van der Waals surface area contributed by atoms with Gasteiger partial charge in [-0.3, -0.25) is 5.32 Å². The van der Waals surface area contributed by atoms with E-state index in [4.69, 9.17) is 0 Å². The fourth-order valence-corrected chi connectivity index (χ4v) is 2.67. The Labute approximate surface area is 100 Å². The van der Waals surface area contributed by atoms with E-state index >= 15 is 0 Å². The van der Waals surface area contributed by atoms with E-state index in [1.54, 1.807) is 0 Å². The third-order valence-electron chi connectivity index (χ3n) is 3.99. The average molecular weight is 222 g/mol. The number of hydrogen-bond acceptors (Lipinski definition) is 2. The van der Waals surface area contributed by atoms with E-state index in [-0.39, 0.29) is 5.54 Å². The van der Waals surface area contributed by atoms with E-state index < -0.39 is 0 Å². The van der Waals surface area contributed by atoms with Crippen LogP contribution in [0.1, 0.15) is 59.8 Å². The van der Waals surface area contributed by atoms with Gasteiger partial charge in [-0.2, -0.15) is 5.26 Å². The number of hydrogen-bond donors (Lipinski definition) is 1. The second-order valence-corrected chi connectivity index (χ2v) is 6.26. The summed E-state index contributed by atoms with van der Waals surface area (Å²) in [5.74, 6) is 0.775. The summed E-state index contributed by atoms with van der Waals surface area (Å²) in [5.41, 5.74) is 0.171. The topological polar surface area (TPSA) is 35.8 Å². The Morgan fingerprint density at radius 2 is 1.88 bits per heavy atom. The smallest absolute Gasteiger partial charge is 0.106 e. The van der Waals surface area contributed by atoms with Crippen molar-refractivity contribution in [2.45, 2.75) is 65.3 Å². The first kappa shape index (κ1) is 13.5. The van der Waals surface area contributed by atoms with Gasteiger partial charge in [-0.1, -0.05) is 27.7 Å². The predicted molar refractivity (Wildman–Crippen MR) is 68.1 cm³/mol. The zero-order chi connectivity index (χ0) is 12.2. The van der Waals surface area contributed by atoms with Crippen molar-refractivity contribution in [3.05, 3.63) is 0 Å². The summed E-state index contributed by atoms with van der Waals surface area (Å²) < 4.78 is 0. The Morgan fingerprint density at radius 3 is 2.25 bits per heavy atom. The molecule has 0 unspecified atom stereocenters. The van der Waals surface area contributed by atoms with Crippen LogP contribution in [0.5, 0.6) is 0 Å². The van der Waals surface area contributed by atoms with E-state index in [9.17, 15) is 5.26 Å². The molecule has 1 fully saturated rings. The quantitative estimate of drug-likeness (QED) is 0.793. The monoisotopic (exact) mass is 222 g/mol. The number of nitriles is 1. The lowest BCUT2D eigenvalue weighted by molar-refractivity contribution is 0.138. The molecule has 1 saturated carbocycles. The molecule has 16 heavy (non-hydrogen) atoms. The molecule has 0 spiro atoms. The molecule has 0 atom stereocenters. The summed E-state index contributed by atoms with van der Waals surface area (Å²) in [6, 6.07) is 2.51. The molecule has 2 heteroatoms.